The zero-order valence-corrected chi connectivity index (χ0v) is 34.4. The Kier molecular flexibility index (Phi) is 9.44. The summed E-state index contributed by atoms with van der Waals surface area (Å²) in [5.74, 6) is 0.929. The highest BCUT2D eigenvalue weighted by Crippen LogP contribution is 2.45. The maximum atomic E-state index is 12.3. The molecule has 0 saturated carbocycles. The van der Waals surface area contributed by atoms with E-state index in [0.717, 1.165) is 89.3 Å². The predicted octanol–water partition coefficient (Wildman–Crippen LogP) is 13.4. The van der Waals surface area contributed by atoms with E-state index in [0.29, 0.717) is 11.4 Å². The van der Waals surface area contributed by atoms with Crippen LogP contribution in [0.4, 0.5) is 0 Å². The number of aromatic hydroxyl groups is 1. The third kappa shape index (κ3) is 7.03. The summed E-state index contributed by atoms with van der Waals surface area (Å²) in [5, 5.41) is 12.3. The SMILES string of the molecule is Cc1cnc(-c2cc(-c3ccccc3)cc(-c3nccc4c3nc(-c3cc(C(C)(C)C)cc(C(C)(C)C)c3O)n4-c3c(C)cccc3C)c2)cc1-c1ccccc1. The molecule has 0 radical (unpaired) electrons. The Labute approximate surface area is 336 Å². The number of hydrogen-bond donors (Lipinski definition) is 1. The molecule has 1 N–H and O–H groups in total. The monoisotopic (exact) mass is 746 g/mol. The average Bonchev–Trinajstić information content (AvgIpc) is 3.56. The van der Waals surface area contributed by atoms with Crippen molar-refractivity contribution < 1.29 is 5.11 Å². The first-order valence-electron chi connectivity index (χ1n) is 19.7. The highest BCUT2D eigenvalue weighted by atomic mass is 16.3. The summed E-state index contributed by atoms with van der Waals surface area (Å²) < 4.78 is 2.23. The molecule has 8 aromatic rings. The highest BCUT2D eigenvalue weighted by Gasteiger charge is 2.29. The van der Waals surface area contributed by atoms with Gasteiger partial charge in [0.25, 0.3) is 0 Å². The molecule has 3 aromatic heterocycles. The zero-order chi connectivity index (χ0) is 40.2. The van der Waals surface area contributed by atoms with Crippen LogP contribution in [0.3, 0.4) is 0 Å². The van der Waals surface area contributed by atoms with Crippen molar-refractivity contribution in [3.63, 3.8) is 0 Å². The van der Waals surface area contributed by atoms with Gasteiger partial charge in [-0.2, -0.15) is 0 Å². The fraction of sp³-hybridized carbons (Fsp3) is 0.212. The van der Waals surface area contributed by atoms with Gasteiger partial charge in [-0.15, -0.1) is 0 Å². The Morgan fingerprint density at radius 2 is 1.18 bits per heavy atom. The van der Waals surface area contributed by atoms with Crippen molar-refractivity contribution in [2.45, 2.75) is 73.1 Å². The maximum absolute atomic E-state index is 12.3. The number of phenolic OH excluding ortho intramolecular Hbond substituents is 1. The lowest BCUT2D eigenvalue weighted by Crippen LogP contribution is -2.17. The first kappa shape index (κ1) is 37.6. The zero-order valence-electron chi connectivity index (χ0n) is 34.4. The topological polar surface area (TPSA) is 63.8 Å². The molecule has 0 aliphatic rings. The van der Waals surface area contributed by atoms with E-state index >= 15 is 0 Å². The van der Waals surface area contributed by atoms with E-state index in [2.05, 4.69) is 170 Å². The lowest BCUT2D eigenvalue weighted by molar-refractivity contribution is 0.446. The van der Waals surface area contributed by atoms with Gasteiger partial charge in [0.15, 0.2) is 0 Å². The Balaban J connectivity index is 1.44. The number of aromatic nitrogens is 4. The molecule has 3 heterocycles. The van der Waals surface area contributed by atoms with Crippen LogP contribution in [0.15, 0.2) is 134 Å². The van der Waals surface area contributed by atoms with Crippen LogP contribution in [0.1, 0.15) is 69.4 Å². The number of para-hydroxylation sites is 1. The number of hydrogen-bond acceptors (Lipinski definition) is 4. The molecule has 5 heteroatoms. The fourth-order valence-electron chi connectivity index (χ4n) is 7.91. The number of imidazole rings is 1. The molecular weight excluding hydrogens is 697 g/mol. The molecular formula is C52H50N4O. The van der Waals surface area contributed by atoms with Gasteiger partial charge in [-0.05, 0) is 113 Å². The van der Waals surface area contributed by atoms with Gasteiger partial charge in [-0.25, -0.2) is 4.98 Å². The largest absolute Gasteiger partial charge is 0.507 e. The predicted molar refractivity (Wildman–Crippen MR) is 237 cm³/mol. The second kappa shape index (κ2) is 14.3. The van der Waals surface area contributed by atoms with E-state index < -0.39 is 0 Å². The van der Waals surface area contributed by atoms with Crippen LogP contribution in [0, 0.1) is 20.8 Å². The normalized spacial score (nSPS) is 12.0. The maximum Gasteiger partial charge on any atom is 0.149 e. The van der Waals surface area contributed by atoms with E-state index in [1.165, 1.54) is 0 Å². The minimum absolute atomic E-state index is 0.163. The molecule has 0 bridgehead atoms. The molecule has 57 heavy (non-hydrogen) atoms. The Hall–Kier alpha value is -6.33. The second-order valence-electron chi connectivity index (χ2n) is 17.4. The highest BCUT2D eigenvalue weighted by molar-refractivity contribution is 5.96. The smallest absolute Gasteiger partial charge is 0.149 e. The minimum atomic E-state index is -0.305. The first-order valence-corrected chi connectivity index (χ1v) is 19.7. The van der Waals surface area contributed by atoms with Gasteiger partial charge in [0.2, 0.25) is 0 Å². The van der Waals surface area contributed by atoms with Gasteiger partial charge in [0, 0.05) is 29.1 Å². The summed E-state index contributed by atoms with van der Waals surface area (Å²) in [6, 6.07) is 42.5. The van der Waals surface area contributed by atoms with Crippen molar-refractivity contribution in [1.82, 2.24) is 19.5 Å². The van der Waals surface area contributed by atoms with E-state index in [-0.39, 0.29) is 16.6 Å². The quantitative estimate of drug-likeness (QED) is 0.184. The van der Waals surface area contributed by atoms with Crippen molar-refractivity contribution in [1.29, 1.82) is 0 Å². The summed E-state index contributed by atoms with van der Waals surface area (Å²) >= 11 is 0. The number of pyridine rings is 2. The summed E-state index contributed by atoms with van der Waals surface area (Å²) in [4.78, 5) is 15.6. The number of benzene rings is 5. The van der Waals surface area contributed by atoms with Gasteiger partial charge in [-0.3, -0.25) is 14.5 Å². The molecule has 284 valence electrons. The molecule has 5 aromatic carbocycles. The van der Waals surface area contributed by atoms with Crippen LogP contribution in [0.2, 0.25) is 0 Å². The van der Waals surface area contributed by atoms with Crippen molar-refractivity contribution in [3.8, 4) is 67.6 Å². The molecule has 0 amide bonds. The Morgan fingerprint density at radius 1 is 0.544 bits per heavy atom. The summed E-state index contributed by atoms with van der Waals surface area (Å²) in [6.07, 6.45) is 3.85. The van der Waals surface area contributed by atoms with Gasteiger partial charge in [-0.1, -0.05) is 126 Å². The standard InChI is InChI=1S/C52H50N4O/c1-32-17-16-18-33(2)48(32)56-45-23-24-53-46(47(45)55-50(56)42-28-40(51(4,5)6)29-43(49(42)57)52(7,8)9)39-26-37(35-19-12-10-13-20-35)25-38(27-39)44-30-41(34(3)31-54-44)36-21-14-11-15-22-36/h10-31,57H,1-9H3. The Bertz CT molecular complexity index is 2760. The molecule has 0 spiro atoms. The number of aryl methyl sites for hydroxylation is 3. The van der Waals surface area contributed by atoms with Crippen LogP contribution < -0.4 is 0 Å². The molecule has 0 aliphatic carbocycles. The average molecular weight is 747 g/mol. The lowest BCUT2D eigenvalue weighted by Gasteiger charge is -2.27. The third-order valence-corrected chi connectivity index (χ3v) is 11.1. The van der Waals surface area contributed by atoms with Crippen LogP contribution in [-0.4, -0.2) is 24.6 Å². The van der Waals surface area contributed by atoms with Crippen LogP contribution in [0.25, 0.3) is 72.9 Å². The van der Waals surface area contributed by atoms with Gasteiger partial charge < -0.3 is 5.11 Å². The molecule has 8 rings (SSSR count). The van der Waals surface area contributed by atoms with Gasteiger partial charge in [0.05, 0.1) is 28.2 Å². The molecule has 0 unspecified atom stereocenters. The van der Waals surface area contributed by atoms with E-state index in [4.69, 9.17) is 15.0 Å². The number of fused-ring (bicyclic) bond motifs is 1. The molecule has 5 nitrogen and oxygen atoms in total. The van der Waals surface area contributed by atoms with Crippen LogP contribution in [-0.2, 0) is 10.8 Å². The molecule has 0 saturated heterocycles. The van der Waals surface area contributed by atoms with Gasteiger partial charge in [0.1, 0.15) is 17.1 Å². The Morgan fingerprint density at radius 3 is 1.82 bits per heavy atom. The van der Waals surface area contributed by atoms with Crippen molar-refractivity contribution in [2.24, 2.45) is 0 Å². The van der Waals surface area contributed by atoms with E-state index in [1.807, 2.05) is 30.6 Å². The first-order chi connectivity index (χ1) is 27.2. The number of nitrogens with zero attached hydrogens (tertiary/aromatic N) is 4. The van der Waals surface area contributed by atoms with Crippen LogP contribution in [0.5, 0.6) is 5.75 Å². The van der Waals surface area contributed by atoms with E-state index in [9.17, 15) is 5.11 Å². The van der Waals surface area contributed by atoms with Crippen molar-refractivity contribution in [2.75, 3.05) is 0 Å². The van der Waals surface area contributed by atoms with Gasteiger partial charge >= 0.3 is 0 Å². The second-order valence-corrected chi connectivity index (χ2v) is 17.4. The van der Waals surface area contributed by atoms with Crippen molar-refractivity contribution >= 4 is 11.0 Å². The third-order valence-electron chi connectivity index (χ3n) is 11.1. The van der Waals surface area contributed by atoms with Crippen LogP contribution >= 0.6 is 0 Å². The summed E-state index contributed by atoms with van der Waals surface area (Å²) in [5.41, 5.74) is 16.4. The fourth-order valence-corrected chi connectivity index (χ4v) is 7.91. The van der Waals surface area contributed by atoms with Crippen molar-refractivity contribution in [3.05, 3.63) is 162 Å². The minimum Gasteiger partial charge on any atom is -0.507 e. The molecule has 0 aliphatic heterocycles. The summed E-state index contributed by atoms with van der Waals surface area (Å²) in [6.45, 7) is 19.5. The molecule has 0 atom stereocenters. The molecule has 0 fully saturated rings. The van der Waals surface area contributed by atoms with E-state index in [1.54, 1.807) is 0 Å². The number of phenols is 1. The summed E-state index contributed by atoms with van der Waals surface area (Å²) in [7, 11) is 0. The number of rotatable bonds is 6. The lowest BCUT2D eigenvalue weighted by atomic mass is 9.79.